The number of hydrogen-bond acceptors (Lipinski definition) is 6. The lowest BCUT2D eigenvalue weighted by Crippen LogP contribution is -2.30. The summed E-state index contributed by atoms with van der Waals surface area (Å²) in [7, 11) is 0. The molecule has 1 aromatic carbocycles. The summed E-state index contributed by atoms with van der Waals surface area (Å²) in [6, 6.07) is 9.95. The predicted molar refractivity (Wildman–Crippen MR) is 95.4 cm³/mol. The van der Waals surface area contributed by atoms with Crippen LogP contribution in [-0.4, -0.2) is 37.8 Å². The minimum absolute atomic E-state index is 0.0401. The fourth-order valence-electron chi connectivity index (χ4n) is 3.45. The van der Waals surface area contributed by atoms with Crippen molar-refractivity contribution in [3.8, 4) is 11.3 Å². The molecule has 0 aliphatic carbocycles. The molecule has 0 radical (unpaired) electrons. The zero-order valence-corrected chi connectivity index (χ0v) is 15.3. The zero-order valence-electron chi connectivity index (χ0n) is 15.3. The number of aromatic nitrogens is 5. The van der Waals surface area contributed by atoms with Crippen molar-refractivity contribution in [2.75, 3.05) is 6.61 Å². The zero-order chi connectivity index (χ0) is 18.1. The van der Waals surface area contributed by atoms with Crippen molar-refractivity contribution in [1.29, 1.82) is 0 Å². The Bertz CT molecular complexity index is 865. The number of ether oxygens (including phenoxy) is 1. The highest BCUT2D eigenvalue weighted by atomic mass is 16.5. The molecule has 7 heteroatoms. The maximum Gasteiger partial charge on any atom is 0.248 e. The molecule has 3 heterocycles. The summed E-state index contributed by atoms with van der Waals surface area (Å²) < 4.78 is 13.1. The van der Waals surface area contributed by atoms with Crippen LogP contribution in [-0.2, 0) is 11.3 Å². The molecule has 7 nitrogen and oxygen atoms in total. The van der Waals surface area contributed by atoms with E-state index in [1.54, 1.807) is 4.68 Å². The highest BCUT2D eigenvalue weighted by Gasteiger charge is 2.40. The molecule has 2 atom stereocenters. The van der Waals surface area contributed by atoms with E-state index in [0.29, 0.717) is 12.4 Å². The molecular formula is C19H23N5O2. The number of hydrogen-bond donors (Lipinski definition) is 0. The van der Waals surface area contributed by atoms with Gasteiger partial charge in [0.05, 0.1) is 18.2 Å². The Morgan fingerprint density at radius 2 is 2.00 bits per heavy atom. The molecular weight excluding hydrogens is 330 g/mol. The van der Waals surface area contributed by atoms with Gasteiger partial charge in [0.2, 0.25) is 5.89 Å². The van der Waals surface area contributed by atoms with Gasteiger partial charge in [-0.15, -0.1) is 5.10 Å². The molecule has 1 aliphatic heterocycles. The smallest absolute Gasteiger partial charge is 0.248 e. The van der Waals surface area contributed by atoms with Gasteiger partial charge in [-0.25, -0.2) is 4.68 Å². The van der Waals surface area contributed by atoms with Gasteiger partial charge in [0, 0.05) is 12.2 Å². The largest absolute Gasteiger partial charge is 0.377 e. The summed E-state index contributed by atoms with van der Waals surface area (Å²) in [5.41, 5.74) is 1.89. The molecule has 26 heavy (non-hydrogen) atoms. The first kappa shape index (κ1) is 16.9. The Balaban J connectivity index is 1.48. The van der Waals surface area contributed by atoms with Crippen molar-refractivity contribution < 1.29 is 9.26 Å². The third kappa shape index (κ3) is 3.39. The van der Waals surface area contributed by atoms with E-state index in [9.17, 15) is 0 Å². The summed E-state index contributed by atoms with van der Waals surface area (Å²) in [6.45, 7) is 7.67. The Labute approximate surface area is 152 Å². The fourth-order valence-corrected chi connectivity index (χ4v) is 3.45. The molecule has 136 valence electrons. The lowest BCUT2D eigenvalue weighted by atomic mass is 9.81. The van der Waals surface area contributed by atoms with E-state index in [1.807, 2.05) is 36.5 Å². The monoisotopic (exact) mass is 353 g/mol. The third-order valence-corrected chi connectivity index (χ3v) is 4.67. The van der Waals surface area contributed by atoms with Crippen molar-refractivity contribution in [2.24, 2.45) is 5.41 Å². The van der Waals surface area contributed by atoms with Crippen LogP contribution in [0.25, 0.3) is 11.3 Å². The van der Waals surface area contributed by atoms with Crippen molar-refractivity contribution >= 4 is 0 Å². The van der Waals surface area contributed by atoms with Crippen LogP contribution >= 0.6 is 0 Å². The maximum atomic E-state index is 5.92. The van der Waals surface area contributed by atoms with Crippen molar-refractivity contribution in [2.45, 2.75) is 45.8 Å². The van der Waals surface area contributed by atoms with Gasteiger partial charge in [-0.3, -0.25) is 0 Å². The van der Waals surface area contributed by atoms with E-state index in [1.165, 1.54) is 0 Å². The van der Waals surface area contributed by atoms with Crippen LogP contribution < -0.4 is 0 Å². The molecule has 4 rings (SSSR count). The molecule has 0 unspecified atom stereocenters. The predicted octanol–water partition coefficient (Wildman–Crippen LogP) is 3.30. The molecule has 0 N–H and O–H groups in total. The van der Waals surface area contributed by atoms with Gasteiger partial charge in [-0.2, -0.15) is 4.98 Å². The van der Waals surface area contributed by atoms with E-state index in [2.05, 4.69) is 41.2 Å². The Morgan fingerprint density at radius 1 is 1.19 bits per heavy atom. The molecule has 1 aliphatic rings. The molecule has 1 fully saturated rings. The topological polar surface area (TPSA) is 78.9 Å². The summed E-state index contributed by atoms with van der Waals surface area (Å²) >= 11 is 0. The van der Waals surface area contributed by atoms with Gasteiger partial charge < -0.3 is 9.26 Å². The highest BCUT2D eigenvalue weighted by molar-refractivity contribution is 5.57. The highest BCUT2D eigenvalue weighted by Crippen LogP contribution is 2.39. The lowest BCUT2D eigenvalue weighted by molar-refractivity contribution is 0.0193. The molecule has 1 saturated heterocycles. The van der Waals surface area contributed by atoms with Gasteiger partial charge in [0.25, 0.3) is 0 Å². The third-order valence-electron chi connectivity index (χ3n) is 4.67. The van der Waals surface area contributed by atoms with Crippen LogP contribution in [0.4, 0.5) is 0 Å². The molecule has 3 aromatic rings. The van der Waals surface area contributed by atoms with Crippen molar-refractivity contribution in [3.05, 3.63) is 48.2 Å². The SMILES string of the molecule is CC(C)(C)[C@H]1OCC[C@@H]1c1noc(Cn2cc(-c3ccccc3)nn2)n1. The first-order valence-electron chi connectivity index (χ1n) is 8.90. The Kier molecular flexibility index (Phi) is 4.32. The summed E-state index contributed by atoms with van der Waals surface area (Å²) in [4.78, 5) is 4.59. The second-order valence-electron chi connectivity index (χ2n) is 7.77. The number of rotatable bonds is 4. The second kappa shape index (κ2) is 6.64. The first-order valence-corrected chi connectivity index (χ1v) is 8.90. The van der Waals surface area contributed by atoms with Gasteiger partial charge >= 0.3 is 0 Å². The fraction of sp³-hybridized carbons (Fsp3) is 0.474. The summed E-state index contributed by atoms with van der Waals surface area (Å²) in [6.07, 6.45) is 2.90. The van der Waals surface area contributed by atoms with Gasteiger partial charge in [-0.05, 0) is 11.8 Å². The minimum Gasteiger partial charge on any atom is -0.377 e. The second-order valence-corrected chi connectivity index (χ2v) is 7.77. The Hall–Kier alpha value is -2.54. The maximum absolute atomic E-state index is 5.92. The quantitative estimate of drug-likeness (QED) is 0.716. The van der Waals surface area contributed by atoms with Crippen LogP contribution in [0.5, 0.6) is 0 Å². The average molecular weight is 353 g/mol. The number of nitrogens with zero attached hydrogens (tertiary/aromatic N) is 5. The van der Waals surface area contributed by atoms with E-state index < -0.39 is 0 Å². The van der Waals surface area contributed by atoms with Crippen molar-refractivity contribution in [1.82, 2.24) is 25.1 Å². The standard InChI is InChI=1S/C19H23N5O2/c1-19(2,3)17-14(9-10-25-17)18-20-16(26-22-18)12-24-11-15(21-23-24)13-7-5-4-6-8-13/h4-8,11,14,17H,9-10,12H2,1-3H3/t14-,17-/m0/s1. The molecule has 0 saturated carbocycles. The van der Waals surface area contributed by atoms with E-state index in [4.69, 9.17) is 9.26 Å². The van der Waals surface area contributed by atoms with Crippen LogP contribution in [0, 0.1) is 5.41 Å². The minimum atomic E-state index is 0.0401. The molecule has 0 spiro atoms. The van der Waals surface area contributed by atoms with Crippen molar-refractivity contribution in [3.63, 3.8) is 0 Å². The Morgan fingerprint density at radius 3 is 2.77 bits per heavy atom. The lowest BCUT2D eigenvalue weighted by Gasteiger charge is -2.29. The van der Waals surface area contributed by atoms with Gasteiger partial charge in [-0.1, -0.05) is 61.5 Å². The van der Waals surface area contributed by atoms with E-state index in [-0.39, 0.29) is 17.4 Å². The summed E-state index contributed by atoms with van der Waals surface area (Å²) in [5, 5.41) is 12.6. The first-order chi connectivity index (χ1) is 12.5. The van der Waals surface area contributed by atoms with Gasteiger partial charge in [0.1, 0.15) is 12.2 Å². The van der Waals surface area contributed by atoms with E-state index >= 15 is 0 Å². The van der Waals surface area contributed by atoms with Crippen LogP contribution in [0.1, 0.15) is 44.8 Å². The van der Waals surface area contributed by atoms with E-state index in [0.717, 1.165) is 30.1 Å². The number of benzene rings is 1. The normalized spacial score (nSPS) is 20.6. The molecule has 2 aromatic heterocycles. The van der Waals surface area contributed by atoms with Crippen LogP contribution in [0.3, 0.4) is 0 Å². The van der Waals surface area contributed by atoms with Crippen LogP contribution in [0.2, 0.25) is 0 Å². The van der Waals surface area contributed by atoms with Gasteiger partial charge in [0.15, 0.2) is 5.82 Å². The molecule has 0 bridgehead atoms. The molecule has 0 amide bonds. The average Bonchev–Trinajstić information content (AvgIpc) is 3.35. The summed E-state index contributed by atoms with van der Waals surface area (Å²) in [5.74, 6) is 1.42. The van der Waals surface area contributed by atoms with Crippen LogP contribution in [0.15, 0.2) is 41.1 Å².